The Kier molecular flexibility index (Phi) is 3.85. The average Bonchev–Trinajstić information content (AvgIpc) is 2.21. The van der Waals surface area contributed by atoms with E-state index in [2.05, 4.69) is 11.8 Å². The van der Waals surface area contributed by atoms with Crippen LogP contribution in [0.15, 0.2) is 18.2 Å². The second kappa shape index (κ2) is 4.93. The zero-order valence-electron chi connectivity index (χ0n) is 9.14. The van der Waals surface area contributed by atoms with E-state index >= 15 is 0 Å². The van der Waals surface area contributed by atoms with Crippen LogP contribution >= 0.6 is 0 Å². The smallest absolute Gasteiger partial charge is 0.159 e. The minimum atomic E-state index is -0.805. The molecule has 1 rings (SSSR count). The van der Waals surface area contributed by atoms with Crippen LogP contribution in [0.2, 0.25) is 0 Å². The van der Waals surface area contributed by atoms with Crippen molar-refractivity contribution in [2.75, 3.05) is 0 Å². The fraction of sp³-hybridized carbons (Fsp3) is 0.385. The number of hydrogen-bond donors (Lipinski definition) is 0. The molecule has 0 heterocycles. The van der Waals surface area contributed by atoms with Crippen molar-refractivity contribution >= 4 is 0 Å². The number of rotatable bonds is 2. The highest BCUT2D eigenvalue weighted by atomic mass is 19.2. The second-order valence-electron chi connectivity index (χ2n) is 3.65. The predicted octanol–water partition coefficient (Wildman–Crippen LogP) is 3.73. The van der Waals surface area contributed by atoms with E-state index in [1.807, 2.05) is 13.8 Å². The summed E-state index contributed by atoms with van der Waals surface area (Å²) >= 11 is 0. The molecular formula is C13H14F2. The van der Waals surface area contributed by atoms with Crippen LogP contribution in [0.3, 0.4) is 0 Å². The van der Waals surface area contributed by atoms with Gasteiger partial charge in [-0.05, 0) is 30.5 Å². The number of halogens is 2. The molecule has 1 aromatic carbocycles. The maximum Gasteiger partial charge on any atom is 0.159 e. The van der Waals surface area contributed by atoms with Crippen molar-refractivity contribution in [3.63, 3.8) is 0 Å². The van der Waals surface area contributed by atoms with Gasteiger partial charge in [0.2, 0.25) is 0 Å². The summed E-state index contributed by atoms with van der Waals surface area (Å²) in [5.41, 5.74) is 0.782. The zero-order valence-corrected chi connectivity index (χ0v) is 9.14. The standard InChI is InChI=1S/C13H14F2/c1-4-5-9(2)10(3)11-6-7-12(14)13(15)8-11/h6-10H,1-3H3. The van der Waals surface area contributed by atoms with E-state index in [1.54, 1.807) is 13.0 Å². The Labute approximate surface area is 89.3 Å². The summed E-state index contributed by atoms with van der Waals surface area (Å²) in [7, 11) is 0. The molecule has 2 atom stereocenters. The molecule has 0 nitrogen and oxygen atoms in total. The minimum Gasteiger partial charge on any atom is -0.204 e. The molecule has 0 aromatic heterocycles. The van der Waals surface area contributed by atoms with Crippen molar-refractivity contribution in [3.8, 4) is 11.8 Å². The third-order valence-electron chi connectivity index (χ3n) is 2.59. The topological polar surface area (TPSA) is 0 Å². The van der Waals surface area contributed by atoms with Crippen LogP contribution in [0.25, 0.3) is 0 Å². The molecule has 0 bridgehead atoms. The molecule has 15 heavy (non-hydrogen) atoms. The van der Waals surface area contributed by atoms with Gasteiger partial charge >= 0.3 is 0 Å². The molecule has 0 amide bonds. The first-order chi connectivity index (χ1) is 7.06. The largest absolute Gasteiger partial charge is 0.204 e. The van der Waals surface area contributed by atoms with E-state index in [0.29, 0.717) is 0 Å². The van der Waals surface area contributed by atoms with E-state index in [9.17, 15) is 8.78 Å². The highest BCUT2D eigenvalue weighted by molar-refractivity contribution is 5.24. The van der Waals surface area contributed by atoms with Gasteiger partial charge < -0.3 is 0 Å². The molecule has 1 aromatic rings. The predicted molar refractivity (Wildman–Crippen MR) is 57.4 cm³/mol. The SMILES string of the molecule is CC#CC(C)C(C)c1ccc(F)c(F)c1. The summed E-state index contributed by atoms with van der Waals surface area (Å²) < 4.78 is 25.7. The summed E-state index contributed by atoms with van der Waals surface area (Å²) in [6, 6.07) is 4.01. The zero-order chi connectivity index (χ0) is 11.4. The molecule has 0 aliphatic heterocycles. The van der Waals surface area contributed by atoms with Gasteiger partial charge in [0, 0.05) is 5.92 Å². The molecule has 0 saturated carbocycles. The van der Waals surface area contributed by atoms with Crippen molar-refractivity contribution < 1.29 is 8.78 Å². The molecule has 2 unspecified atom stereocenters. The summed E-state index contributed by atoms with van der Waals surface area (Å²) in [5, 5.41) is 0. The molecule has 0 spiro atoms. The Morgan fingerprint density at radius 3 is 2.33 bits per heavy atom. The van der Waals surface area contributed by atoms with E-state index in [1.165, 1.54) is 6.07 Å². The third kappa shape index (κ3) is 2.79. The first kappa shape index (κ1) is 11.7. The summed E-state index contributed by atoms with van der Waals surface area (Å²) in [4.78, 5) is 0. The van der Waals surface area contributed by atoms with Crippen molar-refractivity contribution in [1.29, 1.82) is 0 Å². The van der Waals surface area contributed by atoms with Crippen LogP contribution < -0.4 is 0 Å². The summed E-state index contributed by atoms with van der Waals surface area (Å²) in [6.45, 7) is 5.71. The van der Waals surface area contributed by atoms with Gasteiger partial charge in [0.25, 0.3) is 0 Å². The molecular weight excluding hydrogens is 194 g/mol. The van der Waals surface area contributed by atoms with Crippen LogP contribution in [-0.2, 0) is 0 Å². The van der Waals surface area contributed by atoms with Crippen LogP contribution in [0, 0.1) is 29.4 Å². The van der Waals surface area contributed by atoms with Gasteiger partial charge in [0.15, 0.2) is 11.6 Å². The van der Waals surface area contributed by atoms with Gasteiger partial charge in [-0.3, -0.25) is 0 Å². The van der Waals surface area contributed by atoms with E-state index in [0.717, 1.165) is 11.6 Å². The first-order valence-electron chi connectivity index (χ1n) is 4.93. The Hall–Kier alpha value is -1.36. The van der Waals surface area contributed by atoms with Gasteiger partial charge in [0.1, 0.15) is 0 Å². The van der Waals surface area contributed by atoms with Crippen molar-refractivity contribution in [2.24, 2.45) is 5.92 Å². The van der Waals surface area contributed by atoms with E-state index < -0.39 is 11.6 Å². The van der Waals surface area contributed by atoms with Crippen molar-refractivity contribution in [1.82, 2.24) is 0 Å². The molecule has 80 valence electrons. The lowest BCUT2D eigenvalue weighted by Gasteiger charge is -2.15. The highest BCUT2D eigenvalue weighted by Gasteiger charge is 2.13. The van der Waals surface area contributed by atoms with Crippen LogP contribution in [0.5, 0.6) is 0 Å². The minimum absolute atomic E-state index is 0.104. The van der Waals surface area contributed by atoms with Gasteiger partial charge in [-0.1, -0.05) is 25.8 Å². The quantitative estimate of drug-likeness (QED) is 0.650. The number of hydrogen-bond acceptors (Lipinski definition) is 0. The molecule has 0 aliphatic carbocycles. The molecule has 0 fully saturated rings. The van der Waals surface area contributed by atoms with Crippen molar-refractivity contribution in [3.05, 3.63) is 35.4 Å². The van der Waals surface area contributed by atoms with Crippen LogP contribution in [0.4, 0.5) is 8.78 Å². The summed E-state index contributed by atoms with van der Waals surface area (Å²) in [6.07, 6.45) is 0. The Morgan fingerprint density at radius 2 is 1.80 bits per heavy atom. The monoisotopic (exact) mass is 208 g/mol. The third-order valence-corrected chi connectivity index (χ3v) is 2.59. The second-order valence-corrected chi connectivity index (χ2v) is 3.65. The molecule has 0 N–H and O–H groups in total. The van der Waals surface area contributed by atoms with Gasteiger partial charge in [0.05, 0.1) is 0 Å². The fourth-order valence-corrected chi connectivity index (χ4v) is 1.44. The molecule has 0 saturated heterocycles. The highest BCUT2D eigenvalue weighted by Crippen LogP contribution is 2.24. The fourth-order valence-electron chi connectivity index (χ4n) is 1.44. The van der Waals surface area contributed by atoms with Gasteiger partial charge in [-0.25, -0.2) is 8.78 Å². The normalized spacial score (nSPS) is 13.9. The first-order valence-corrected chi connectivity index (χ1v) is 4.93. The Balaban J connectivity index is 2.94. The molecule has 0 aliphatic rings. The van der Waals surface area contributed by atoms with Crippen LogP contribution in [0.1, 0.15) is 32.3 Å². The Morgan fingerprint density at radius 1 is 1.13 bits per heavy atom. The lowest BCUT2D eigenvalue weighted by atomic mass is 9.89. The summed E-state index contributed by atoms with van der Waals surface area (Å²) in [5.74, 6) is 4.48. The lowest BCUT2D eigenvalue weighted by Crippen LogP contribution is -2.04. The van der Waals surface area contributed by atoms with Crippen molar-refractivity contribution in [2.45, 2.75) is 26.7 Å². The average molecular weight is 208 g/mol. The molecule has 0 radical (unpaired) electrons. The lowest BCUT2D eigenvalue weighted by molar-refractivity contribution is 0.502. The molecule has 2 heteroatoms. The van der Waals surface area contributed by atoms with Gasteiger partial charge in [-0.15, -0.1) is 5.92 Å². The van der Waals surface area contributed by atoms with Gasteiger partial charge in [-0.2, -0.15) is 0 Å². The maximum atomic E-state index is 13.0. The van der Waals surface area contributed by atoms with Crippen LogP contribution in [-0.4, -0.2) is 0 Å². The van der Waals surface area contributed by atoms with E-state index in [4.69, 9.17) is 0 Å². The Bertz CT molecular complexity index is 399. The maximum absolute atomic E-state index is 13.0. The number of benzene rings is 1. The van der Waals surface area contributed by atoms with E-state index in [-0.39, 0.29) is 11.8 Å².